The number of fused-ring (bicyclic) bond motifs is 1. The molecular weight excluding hydrogens is 276 g/mol. The second kappa shape index (κ2) is 5.56. The predicted octanol–water partition coefficient (Wildman–Crippen LogP) is 1.89. The van der Waals surface area contributed by atoms with Crippen LogP contribution < -0.4 is 4.90 Å². The Morgan fingerprint density at radius 3 is 3.05 bits per heavy atom. The molecule has 0 N–H and O–H groups in total. The molecule has 108 valence electrons. The summed E-state index contributed by atoms with van der Waals surface area (Å²) < 4.78 is 0. The molecule has 1 atom stereocenters. The third-order valence-electron chi connectivity index (χ3n) is 4.02. The number of hydrogen-bond donors (Lipinski definition) is 0. The standard InChI is InChI=1S/C14H19ClN4O/c1-2-3-12-16-11(15)8-13(17-12)18-6-7-19-10(9-18)4-5-14(19)20/h8,10H,2-7,9H2,1H3. The van der Waals surface area contributed by atoms with Crippen LogP contribution in [0.3, 0.4) is 0 Å². The highest BCUT2D eigenvalue weighted by molar-refractivity contribution is 6.29. The number of aryl methyl sites for hydroxylation is 1. The summed E-state index contributed by atoms with van der Waals surface area (Å²) in [5.74, 6) is 1.99. The monoisotopic (exact) mass is 294 g/mol. The van der Waals surface area contributed by atoms with Gasteiger partial charge in [0, 0.05) is 44.6 Å². The summed E-state index contributed by atoms with van der Waals surface area (Å²) in [6.07, 6.45) is 3.49. The lowest BCUT2D eigenvalue weighted by molar-refractivity contribution is -0.129. The highest BCUT2D eigenvalue weighted by Crippen LogP contribution is 2.26. The van der Waals surface area contributed by atoms with E-state index in [9.17, 15) is 4.79 Å². The van der Waals surface area contributed by atoms with Crippen molar-refractivity contribution in [2.45, 2.75) is 38.6 Å². The van der Waals surface area contributed by atoms with Gasteiger partial charge in [0.15, 0.2) is 0 Å². The van der Waals surface area contributed by atoms with Gasteiger partial charge in [-0.3, -0.25) is 4.79 Å². The van der Waals surface area contributed by atoms with Gasteiger partial charge in [-0.15, -0.1) is 0 Å². The van der Waals surface area contributed by atoms with E-state index in [0.29, 0.717) is 23.5 Å². The van der Waals surface area contributed by atoms with Crippen LogP contribution in [0, 0.1) is 0 Å². The summed E-state index contributed by atoms with van der Waals surface area (Å²) >= 11 is 6.10. The fraction of sp³-hybridized carbons (Fsp3) is 0.643. The highest BCUT2D eigenvalue weighted by Gasteiger charge is 2.35. The molecule has 1 aromatic rings. The third-order valence-corrected chi connectivity index (χ3v) is 4.21. The van der Waals surface area contributed by atoms with E-state index in [4.69, 9.17) is 11.6 Å². The quantitative estimate of drug-likeness (QED) is 0.799. The Hall–Kier alpha value is -1.36. The molecule has 0 spiro atoms. The van der Waals surface area contributed by atoms with E-state index in [-0.39, 0.29) is 0 Å². The van der Waals surface area contributed by atoms with Crippen LogP contribution in [0.2, 0.25) is 5.15 Å². The Morgan fingerprint density at radius 1 is 1.40 bits per heavy atom. The van der Waals surface area contributed by atoms with E-state index < -0.39 is 0 Å². The summed E-state index contributed by atoms with van der Waals surface area (Å²) in [6, 6.07) is 2.16. The van der Waals surface area contributed by atoms with E-state index in [1.807, 2.05) is 11.0 Å². The Kier molecular flexibility index (Phi) is 3.78. The lowest BCUT2D eigenvalue weighted by Gasteiger charge is -2.38. The maximum atomic E-state index is 11.7. The average molecular weight is 295 g/mol. The molecule has 0 aromatic carbocycles. The van der Waals surface area contributed by atoms with Crippen LogP contribution in [0.15, 0.2) is 6.07 Å². The maximum absolute atomic E-state index is 11.7. The molecule has 0 bridgehead atoms. The number of hydrogen-bond acceptors (Lipinski definition) is 4. The van der Waals surface area contributed by atoms with Crippen molar-refractivity contribution in [2.24, 2.45) is 0 Å². The predicted molar refractivity (Wildman–Crippen MR) is 78.0 cm³/mol. The molecule has 2 fully saturated rings. The molecule has 0 saturated carbocycles. The number of amides is 1. The van der Waals surface area contributed by atoms with Crippen molar-refractivity contribution in [3.05, 3.63) is 17.0 Å². The number of anilines is 1. The third kappa shape index (κ3) is 2.59. The smallest absolute Gasteiger partial charge is 0.223 e. The lowest BCUT2D eigenvalue weighted by atomic mass is 10.1. The van der Waals surface area contributed by atoms with Crippen molar-refractivity contribution in [3.63, 3.8) is 0 Å². The zero-order valence-corrected chi connectivity index (χ0v) is 12.4. The van der Waals surface area contributed by atoms with E-state index in [1.165, 1.54) is 0 Å². The van der Waals surface area contributed by atoms with Crippen LogP contribution in [0.25, 0.3) is 0 Å². The van der Waals surface area contributed by atoms with Gasteiger partial charge in [-0.25, -0.2) is 9.97 Å². The van der Waals surface area contributed by atoms with Crippen molar-refractivity contribution in [1.29, 1.82) is 0 Å². The molecule has 3 rings (SSSR count). The number of aromatic nitrogens is 2. The van der Waals surface area contributed by atoms with Gasteiger partial charge < -0.3 is 9.80 Å². The average Bonchev–Trinajstić information content (AvgIpc) is 2.80. The number of halogens is 1. The first kappa shape index (κ1) is 13.6. The molecule has 20 heavy (non-hydrogen) atoms. The molecule has 5 nitrogen and oxygen atoms in total. The van der Waals surface area contributed by atoms with Crippen molar-refractivity contribution in [1.82, 2.24) is 14.9 Å². The second-order valence-electron chi connectivity index (χ2n) is 5.44. The van der Waals surface area contributed by atoms with Gasteiger partial charge in [0.05, 0.1) is 0 Å². The van der Waals surface area contributed by atoms with Crippen LogP contribution in [0.4, 0.5) is 5.82 Å². The molecular formula is C14H19ClN4O. The first-order valence-electron chi connectivity index (χ1n) is 7.25. The lowest BCUT2D eigenvalue weighted by Crippen LogP contribution is -2.51. The van der Waals surface area contributed by atoms with Gasteiger partial charge in [0.1, 0.15) is 16.8 Å². The largest absolute Gasteiger partial charge is 0.353 e. The zero-order valence-electron chi connectivity index (χ0n) is 11.7. The van der Waals surface area contributed by atoms with Gasteiger partial charge >= 0.3 is 0 Å². The van der Waals surface area contributed by atoms with Crippen LogP contribution >= 0.6 is 11.6 Å². The fourth-order valence-corrected chi connectivity index (χ4v) is 3.22. The van der Waals surface area contributed by atoms with Crippen LogP contribution in [0.5, 0.6) is 0 Å². The number of nitrogens with zero attached hydrogens (tertiary/aromatic N) is 4. The SMILES string of the molecule is CCCc1nc(Cl)cc(N2CCN3C(=O)CCC3C2)n1. The topological polar surface area (TPSA) is 49.3 Å². The summed E-state index contributed by atoms with van der Waals surface area (Å²) in [5, 5.41) is 0.503. The molecule has 2 saturated heterocycles. The molecule has 1 amide bonds. The summed E-state index contributed by atoms with van der Waals surface area (Å²) in [6.45, 7) is 4.56. The van der Waals surface area contributed by atoms with Gasteiger partial charge in [-0.1, -0.05) is 18.5 Å². The number of carbonyl (C=O) groups is 1. The molecule has 2 aliphatic heterocycles. The van der Waals surface area contributed by atoms with E-state index >= 15 is 0 Å². The van der Waals surface area contributed by atoms with Crippen LogP contribution in [0.1, 0.15) is 32.0 Å². The first-order chi connectivity index (χ1) is 9.67. The number of piperazine rings is 1. The summed E-state index contributed by atoms with van der Waals surface area (Å²) in [4.78, 5) is 24.8. The zero-order chi connectivity index (χ0) is 14.1. The van der Waals surface area contributed by atoms with E-state index in [2.05, 4.69) is 21.8 Å². The summed E-state index contributed by atoms with van der Waals surface area (Å²) in [7, 11) is 0. The minimum absolute atomic E-state index is 0.294. The van der Waals surface area contributed by atoms with E-state index in [1.54, 1.807) is 0 Å². The Balaban J connectivity index is 1.78. The molecule has 3 heterocycles. The van der Waals surface area contributed by atoms with Gasteiger partial charge in [-0.2, -0.15) is 0 Å². The molecule has 6 heteroatoms. The molecule has 1 aromatic heterocycles. The van der Waals surface area contributed by atoms with Crippen molar-refractivity contribution >= 4 is 23.3 Å². The Bertz CT molecular complexity index is 522. The number of rotatable bonds is 3. The van der Waals surface area contributed by atoms with Crippen LogP contribution in [-0.4, -0.2) is 46.5 Å². The van der Waals surface area contributed by atoms with Crippen LogP contribution in [-0.2, 0) is 11.2 Å². The molecule has 2 aliphatic rings. The molecule has 0 aliphatic carbocycles. The first-order valence-corrected chi connectivity index (χ1v) is 7.63. The number of carbonyl (C=O) groups excluding carboxylic acids is 1. The summed E-state index contributed by atoms with van der Waals surface area (Å²) in [5.41, 5.74) is 0. The van der Waals surface area contributed by atoms with E-state index in [0.717, 1.165) is 50.5 Å². The molecule has 0 radical (unpaired) electrons. The Labute approximate surface area is 123 Å². The highest BCUT2D eigenvalue weighted by atomic mass is 35.5. The van der Waals surface area contributed by atoms with Gasteiger partial charge in [0.2, 0.25) is 5.91 Å². The van der Waals surface area contributed by atoms with Crippen molar-refractivity contribution in [3.8, 4) is 0 Å². The molecule has 1 unspecified atom stereocenters. The second-order valence-corrected chi connectivity index (χ2v) is 5.83. The Morgan fingerprint density at radius 2 is 2.25 bits per heavy atom. The van der Waals surface area contributed by atoms with Crippen molar-refractivity contribution in [2.75, 3.05) is 24.5 Å². The fourth-order valence-electron chi connectivity index (χ4n) is 3.02. The van der Waals surface area contributed by atoms with Crippen molar-refractivity contribution < 1.29 is 4.79 Å². The van der Waals surface area contributed by atoms with Gasteiger partial charge in [-0.05, 0) is 12.8 Å². The van der Waals surface area contributed by atoms with Gasteiger partial charge in [0.25, 0.3) is 0 Å². The maximum Gasteiger partial charge on any atom is 0.223 e. The minimum atomic E-state index is 0.294. The normalized spacial score (nSPS) is 22.3. The minimum Gasteiger partial charge on any atom is -0.353 e.